The van der Waals surface area contributed by atoms with Crippen LogP contribution in [0.1, 0.15) is 17.5 Å². The zero-order chi connectivity index (χ0) is 11.8. The molecule has 0 saturated carbocycles. The molecular formula is C16H18O. The van der Waals surface area contributed by atoms with Crippen molar-refractivity contribution in [2.75, 3.05) is 6.61 Å². The maximum atomic E-state index is 5.64. The minimum atomic E-state index is 0.718. The Balaban J connectivity index is 1.61. The predicted molar refractivity (Wildman–Crippen MR) is 70.9 cm³/mol. The van der Waals surface area contributed by atoms with E-state index in [1.165, 1.54) is 11.1 Å². The van der Waals surface area contributed by atoms with E-state index < -0.39 is 0 Å². The van der Waals surface area contributed by atoms with Gasteiger partial charge in [0.05, 0.1) is 6.61 Å². The Morgan fingerprint density at radius 2 is 1.29 bits per heavy atom. The quantitative estimate of drug-likeness (QED) is 0.680. The highest BCUT2D eigenvalue weighted by atomic mass is 16.5. The van der Waals surface area contributed by atoms with E-state index >= 15 is 0 Å². The maximum Gasteiger partial charge on any atom is 0.0716 e. The number of rotatable bonds is 6. The van der Waals surface area contributed by atoms with E-state index in [1.807, 2.05) is 18.2 Å². The first-order valence-electron chi connectivity index (χ1n) is 6.11. The molecule has 2 rings (SSSR count). The van der Waals surface area contributed by atoms with Gasteiger partial charge in [0, 0.05) is 6.61 Å². The summed E-state index contributed by atoms with van der Waals surface area (Å²) in [5.74, 6) is 0. The van der Waals surface area contributed by atoms with E-state index in [9.17, 15) is 0 Å². The first-order valence-corrected chi connectivity index (χ1v) is 6.11. The normalized spacial score (nSPS) is 10.4. The highest BCUT2D eigenvalue weighted by Gasteiger charge is 1.94. The van der Waals surface area contributed by atoms with Crippen molar-refractivity contribution in [2.45, 2.75) is 19.4 Å². The zero-order valence-electron chi connectivity index (χ0n) is 10.0. The number of benzene rings is 2. The fourth-order valence-corrected chi connectivity index (χ4v) is 1.79. The summed E-state index contributed by atoms with van der Waals surface area (Å²) < 4.78 is 5.64. The van der Waals surface area contributed by atoms with Gasteiger partial charge in [0.1, 0.15) is 0 Å². The van der Waals surface area contributed by atoms with Crippen molar-refractivity contribution >= 4 is 0 Å². The van der Waals surface area contributed by atoms with E-state index in [-0.39, 0.29) is 0 Å². The van der Waals surface area contributed by atoms with Crippen LogP contribution >= 0.6 is 0 Å². The molecule has 0 radical (unpaired) electrons. The molecule has 0 aliphatic carbocycles. The van der Waals surface area contributed by atoms with Gasteiger partial charge >= 0.3 is 0 Å². The minimum absolute atomic E-state index is 0.718. The van der Waals surface area contributed by atoms with Crippen LogP contribution in [0.2, 0.25) is 0 Å². The summed E-state index contributed by atoms with van der Waals surface area (Å²) in [5.41, 5.74) is 2.63. The molecule has 0 fully saturated rings. The molecule has 0 N–H and O–H groups in total. The van der Waals surface area contributed by atoms with Gasteiger partial charge in [-0.25, -0.2) is 0 Å². The van der Waals surface area contributed by atoms with Gasteiger partial charge < -0.3 is 4.74 Å². The van der Waals surface area contributed by atoms with Gasteiger partial charge in [-0.2, -0.15) is 0 Å². The number of hydrogen-bond donors (Lipinski definition) is 0. The molecule has 0 unspecified atom stereocenters. The molecule has 0 heterocycles. The van der Waals surface area contributed by atoms with E-state index in [0.29, 0.717) is 0 Å². The smallest absolute Gasteiger partial charge is 0.0716 e. The Morgan fingerprint density at radius 3 is 1.94 bits per heavy atom. The lowest BCUT2D eigenvalue weighted by molar-refractivity contribution is 0.118. The van der Waals surface area contributed by atoms with Crippen molar-refractivity contribution in [3.05, 3.63) is 71.8 Å². The van der Waals surface area contributed by atoms with Gasteiger partial charge in [-0.05, 0) is 24.0 Å². The fourth-order valence-electron chi connectivity index (χ4n) is 1.79. The molecule has 0 spiro atoms. The Hall–Kier alpha value is -1.60. The average molecular weight is 226 g/mol. The molecule has 0 saturated heterocycles. The molecule has 1 nitrogen and oxygen atoms in total. The van der Waals surface area contributed by atoms with Crippen LogP contribution in [0.25, 0.3) is 0 Å². The molecule has 17 heavy (non-hydrogen) atoms. The summed E-state index contributed by atoms with van der Waals surface area (Å²) in [6.45, 7) is 1.54. The lowest BCUT2D eigenvalue weighted by Gasteiger charge is -2.04. The Morgan fingerprint density at radius 1 is 0.706 bits per heavy atom. The Kier molecular flexibility index (Phi) is 4.80. The lowest BCUT2D eigenvalue weighted by Crippen LogP contribution is -1.97. The molecule has 0 aliphatic heterocycles. The average Bonchev–Trinajstić information content (AvgIpc) is 2.41. The van der Waals surface area contributed by atoms with Crippen molar-refractivity contribution < 1.29 is 4.74 Å². The van der Waals surface area contributed by atoms with E-state index in [0.717, 1.165) is 26.1 Å². The van der Waals surface area contributed by atoms with Crippen molar-refractivity contribution in [2.24, 2.45) is 0 Å². The molecule has 2 aromatic rings. The van der Waals surface area contributed by atoms with E-state index in [2.05, 4.69) is 42.5 Å². The summed E-state index contributed by atoms with van der Waals surface area (Å²) >= 11 is 0. The highest BCUT2D eigenvalue weighted by Crippen LogP contribution is 2.04. The van der Waals surface area contributed by atoms with Gasteiger partial charge in [-0.1, -0.05) is 60.7 Å². The van der Waals surface area contributed by atoms with Crippen LogP contribution in [0.3, 0.4) is 0 Å². The number of aryl methyl sites for hydroxylation is 1. The molecule has 0 aromatic heterocycles. The van der Waals surface area contributed by atoms with Crippen LogP contribution in [0.4, 0.5) is 0 Å². The lowest BCUT2D eigenvalue weighted by atomic mass is 10.1. The van der Waals surface area contributed by atoms with Crippen LogP contribution in [0.5, 0.6) is 0 Å². The molecule has 0 aliphatic rings. The molecule has 2 aromatic carbocycles. The second-order valence-electron chi connectivity index (χ2n) is 4.13. The third kappa shape index (κ3) is 4.41. The molecule has 1 heteroatoms. The van der Waals surface area contributed by atoms with Crippen LogP contribution in [0.15, 0.2) is 60.7 Å². The fraction of sp³-hybridized carbons (Fsp3) is 0.250. The van der Waals surface area contributed by atoms with Gasteiger partial charge in [0.25, 0.3) is 0 Å². The monoisotopic (exact) mass is 226 g/mol. The number of ether oxygens (including phenoxy) is 1. The van der Waals surface area contributed by atoms with Crippen molar-refractivity contribution in [1.82, 2.24) is 0 Å². The summed E-state index contributed by atoms with van der Waals surface area (Å²) in [6, 6.07) is 20.8. The molecule has 88 valence electrons. The van der Waals surface area contributed by atoms with Crippen molar-refractivity contribution in [1.29, 1.82) is 0 Å². The second kappa shape index (κ2) is 6.87. The summed E-state index contributed by atoms with van der Waals surface area (Å²) in [5, 5.41) is 0. The molecule has 0 bridgehead atoms. The highest BCUT2D eigenvalue weighted by molar-refractivity contribution is 5.15. The summed E-state index contributed by atoms with van der Waals surface area (Å²) in [4.78, 5) is 0. The van der Waals surface area contributed by atoms with Crippen LogP contribution in [-0.2, 0) is 17.8 Å². The third-order valence-corrected chi connectivity index (χ3v) is 2.71. The van der Waals surface area contributed by atoms with E-state index in [4.69, 9.17) is 4.74 Å². The van der Waals surface area contributed by atoms with Gasteiger partial charge in [0.15, 0.2) is 0 Å². The summed E-state index contributed by atoms with van der Waals surface area (Å²) in [6.07, 6.45) is 2.17. The van der Waals surface area contributed by atoms with Crippen LogP contribution in [0, 0.1) is 0 Å². The first kappa shape index (κ1) is 11.9. The van der Waals surface area contributed by atoms with Gasteiger partial charge in [-0.3, -0.25) is 0 Å². The van der Waals surface area contributed by atoms with E-state index in [1.54, 1.807) is 0 Å². The Bertz CT molecular complexity index is 367. The Labute approximate surface area is 103 Å². The standard InChI is InChI=1S/C16H18O/c1-3-8-15(9-4-1)12-7-13-17-14-16-10-5-2-6-11-16/h1-6,8-11H,7,12-14H2. The zero-order valence-corrected chi connectivity index (χ0v) is 10.0. The third-order valence-electron chi connectivity index (χ3n) is 2.71. The second-order valence-corrected chi connectivity index (χ2v) is 4.13. The van der Waals surface area contributed by atoms with Crippen molar-refractivity contribution in [3.8, 4) is 0 Å². The predicted octanol–water partition coefficient (Wildman–Crippen LogP) is 3.84. The van der Waals surface area contributed by atoms with Crippen molar-refractivity contribution in [3.63, 3.8) is 0 Å². The molecular weight excluding hydrogens is 208 g/mol. The topological polar surface area (TPSA) is 9.23 Å². The number of hydrogen-bond acceptors (Lipinski definition) is 1. The largest absolute Gasteiger partial charge is 0.377 e. The minimum Gasteiger partial charge on any atom is -0.377 e. The maximum absolute atomic E-state index is 5.64. The van der Waals surface area contributed by atoms with Gasteiger partial charge in [0.2, 0.25) is 0 Å². The SMILES string of the molecule is c1ccc(CCCOCc2ccccc2)cc1. The summed E-state index contributed by atoms with van der Waals surface area (Å²) in [7, 11) is 0. The molecule has 0 amide bonds. The van der Waals surface area contributed by atoms with Crippen LogP contribution < -0.4 is 0 Å². The molecule has 0 atom stereocenters. The van der Waals surface area contributed by atoms with Crippen LogP contribution in [-0.4, -0.2) is 6.61 Å². The first-order chi connectivity index (χ1) is 8.45. The van der Waals surface area contributed by atoms with Gasteiger partial charge in [-0.15, -0.1) is 0 Å².